The van der Waals surface area contributed by atoms with Crippen LogP contribution in [0.15, 0.2) is 36.4 Å². The van der Waals surface area contributed by atoms with Gasteiger partial charge in [0.1, 0.15) is 5.69 Å². The molecule has 1 amide bonds. The maximum Gasteiger partial charge on any atom is 0.416 e. The first-order chi connectivity index (χ1) is 15.7. The molecule has 34 heavy (non-hydrogen) atoms. The number of H-pyrrole nitrogens is 1. The molecule has 0 saturated heterocycles. The predicted molar refractivity (Wildman–Crippen MR) is 111 cm³/mol. The molecule has 0 aliphatic carbocycles. The van der Waals surface area contributed by atoms with Crippen LogP contribution in [0.1, 0.15) is 45.6 Å². The van der Waals surface area contributed by atoms with E-state index in [2.05, 4.69) is 4.98 Å². The van der Waals surface area contributed by atoms with E-state index in [1.807, 2.05) is 0 Å². The molecule has 0 radical (unpaired) electrons. The minimum Gasteiger partial charge on any atom is -0.466 e. The number of hydrogen-bond acceptors (Lipinski definition) is 3. The lowest BCUT2D eigenvalue weighted by molar-refractivity contribution is -0.146. The average Bonchev–Trinajstić information content (AvgIpc) is 3.08. The van der Waals surface area contributed by atoms with Gasteiger partial charge in [0.2, 0.25) is 0 Å². The molecule has 2 aromatic carbocycles. The number of nitrogens with two attached hydrogens (primary N) is 1. The Balaban J connectivity index is 2.25. The van der Waals surface area contributed by atoms with Crippen molar-refractivity contribution in [3.05, 3.63) is 69.4 Å². The zero-order valence-electron chi connectivity index (χ0n) is 17.4. The van der Waals surface area contributed by atoms with Gasteiger partial charge < -0.3 is 15.5 Å². The molecule has 0 fully saturated rings. The van der Waals surface area contributed by atoms with Gasteiger partial charge in [-0.15, -0.1) is 0 Å². The van der Waals surface area contributed by atoms with E-state index in [9.17, 15) is 35.9 Å². The van der Waals surface area contributed by atoms with Gasteiger partial charge in [0, 0.05) is 15.9 Å². The number of alkyl halides is 6. The highest BCUT2D eigenvalue weighted by Gasteiger charge is 2.39. The van der Waals surface area contributed by atoms with Crippen LogP contribution in [-0.4, -0.2) is 23.5 Å². The van der Waals surface area contributed by atoms with Crippen LogP contribution in [0.25, 0.3) is 10.9 Å². The average molecular weight is 507 g/mol. The zero-order chi connectivity index (χ0) is 25.4. The number of halogens is 7. The number of amides is 1. The standard InChI is InChI=1S/C22H17ClF6N2O3/c1-2-34-20(33)14(10-5-11(21(24,25)26)7-12(6-10)22(27,28)29)9-16-15-8-13(23)3-4-17(15)31-18(16)19(30)32/h3-8,14,31H,2,9H2,1H3,(H2,30,32). The number of esters is 1. The lowest BCUT2D eigenvalue weighted by atomic mass is 9.88. The van der Waals surface area contributed by atoms with Crippen molar-refractivity contribution in [2.45, 2.75) is 31.6 Å². The van der Waals surface area contributed by atoms with Crippen LogP contribution in [0.3, 0.4) is 0 Å². The summed E-state index contributed by atoms with van der Waals surface area (Å²) in [6, 6.07) is 5.33. The molecule has 0 bridgehead atoms. The van der Waals surface area contributed by atoms with Gasteiger partial charge in [-0.2, -0.15) is 26.3 Å². The number of rotatable bonds is 6. The third-order valence-electron chi connectivity index (χ3n) is 5.11. The van der Waals surface area contributed by atoms with Crippen molar-refractivity contribution in [3.63, 3.8) is 0 Å². The number of nitrogens with one attached hydrogen (secondary N) is 1. The number of carbonyl (C=O) groups is 2. The molecule has 1 unspecified atom stereocenters. The number of fused-ring (bicyclic) bond motifs is 1. The first-order valence-electron chi connectivity index (χ1n) is 9.78. The quantitative estimate of drug-likeness (QED) is 0.325. The van der Waals surface area contributed by atoms with Crippen LogP contribution in [0.4, 0.5) is 26.3 Å². The number of aromatic amines is 1. The monoisotopic (exact) mass is 506 g/mol. The van der Waals surface area contributed by atoms with Crippen molar-refractivity contribution in [2.24, 2.45) is 5.73 Å². The van der Waals surface area contributed by atoms with E-state index in [-0.39, 0.29) is 29.0 Å². The number of hydrogen-bond donors (Lipinski definition) is 2. The summed E-state index contributed by atoms with van der Waals surface area (Å²) >= 11 is 6.02. The van der Waals surface area contributed by atoms with Crippen LogP contribution in [0.2, 0.25) is 5.02 Å². The molecule has 1 aromatic heterocycles. The van der Waals surface area contributed by atoms with Crippen molar-refractivity contribution in [2.75, 3.05) is 6.61 Å². The third kappa shape index (κ3) is 5.30. The largest absolute Gasteiger partial charge is 0.466 e. The molecule has 3 rings (SSSR count). The lowest BCUT2D eigenvalue weighted by Gasteiger charge is -2.20. The van der Waals surface area contributed by atoms with Crippen molar-refractivity contribution < 1.29 is 40.7 Å². The molecule has 1 atom stereocenters. The van der Waals surface area contributed by atoms with Crippen LogP contribution in [0.5, 0.6) is 0 Å². The second-order valence-electron chi connectivity index (χ2n) is 7.38. The number of carbonyl (C=O) groups excluding carboxylic acids is 2. The van der Waals surface area contributed by atoms with Gasteiger partial charge in [0.15, 0.2) is 0 Å². The molecule has 3 aromatic rings. The second-order valence-corrected chi connectivity index (χ2v) is 7.82. The Morgan fingerprint density at radius 3 is 2.12 bits per heavy atom. The van der Waals surface area contributed by atoms with Crippen molar-refractivity contribution >= 4 is 34.4 Å². The highest BCUT2D eigenvalue weighted by molar-refractivity contribution is 6.31. The maximum atomic E-state index is 13.4. The highest BCUT2D eigenvalue weighted by Crippen LogP contribution is 2.39. The fraction of sp³-hybridized carbons (Fsp3) is 0.273. The molecule has 1 heterocycles. The SMILES string of the molecule is CCOC(=O)C(Cc1c(C(N)=O)[nH]c2ccc(Cl)cc12)c1cc(C(F)(F)F)cc(C(F)(F)F)c1. The Bertz CT molecular complexity index is 1220. The summed E-state index contributed by atoms with van der Waals surface area (Å²) in [5, 5.41) is 0.577. The number of benzene rings is 2. The van der Waals surface area contributed by atoms with Gasteiger partial charge in [-0.1, -0.05) is 11.6 Å². The summed E-state index contributed by atoms with van der Waals surface area (Å²) in [6.07, 6.45) is -10.7. The molecule has 0 saturated carbocycles. The van der Waals surface area contributed by atoms with Crippen molar-refractivity contribution in [3.8, 4) is 0 Å². The molecule has 5 nitrogen and oxygen atoms in total. The Kier molecular flexibility index (Phi) is 6.88. The molecular formula is C22H17ClF6N2O3. The van der Waals surface area contributed by atoms with Crippen molar-refractivity contribution in [1.82, 2.24) is 4.98 Å². The van der Waals surface area contributed by atoms with Gasteiger partial charge in [-0.05, 0) is 60.9 Å². The van der Waals surface area contributed by atoms with E-state index in [0.29, 0.717) is 23.0 Å². The molecule has 3 N–H and O–H groups in total. The topological polar surface area (TPSA) is 85.2 Å². The summed E-state index contributed by atoms with van der Waals surface area (Å²) < 4.78 is 85.2. The van der Waals surface area contributed by atoms with E-state index >= 15 is 0 Å². The van der Waals surface area contributed by atoms with Crippen LogP contribution in [0, 0.1) is 0 Å². The minimum absolute atomic E-state index is 0.0357. The van der Waals surface area contributed by atoms with E-state index < -0.39 is 53.3 Å². The van der Waals surface area contributed by atoms with E-state index in [1.54, 1.807) is 0 Å². The third-order valence-corrected chi connectivity index (χ3v) is 5.34. The summed E-state index contributed by atoms with van der Waals surface area (Å²) in [4.78, 5) is 27.5. The summed E-state index contributed by atoms with van der Waals surface area (Å²) in [7, 11) is 0. The van der Waals surface area contributed by atoms with Gasteiger partial charge in [0.25, 0.3) is 5.91 Å². The van der Waals surface area contributed by atoms with E-state index in [0.717, 1.165) is 0 Å². The summed E-state index contributed by atoms with van der Waals surface area (Å²) in [5.41, 5.74) is 2.01. The molecule has 182 valence electrons. The minimum atomic E-state index is -5.11. The smallest absolute Gasteiger partial charge is 0.416 e. The van der Waals surface area contributed by atoms with E-state index in [1.165, 1.54) is 25.1 Å². The fourth-order valence-corrected chi connectivity index (χ4v) is 3.78. The van der Waals surface area contributed by atoms with Gasteiger partial charge in [-0.25, -0.2) is 0 Å². The Morgan fingerprint density at radius 2 is 1.62 bits per heavy atom. The zero-order valence-corrected chi connectivity index (χ0v) is 18.2. The van der Waals surface area contributed by atoms with E-state index in [4.69, 9.17) is 22.1 Å². The number of primary amides is 1. The molecule has 0 aliphatic rings. The summed E-state index contributed by atoms with van der Waals surface area (Å²) in [5.74, 6) is -3.62. The Hall–Kier alpha value is -3.21. The second kappa shape index (κ2) is 9.21. The number of ether oxygens (including phenoxy) is 1. The first kappa shape index (κ1) is 25.4. The van der Waals surface area contributed by atoms with Crippen LogP contribution < -0.4 is 5.73 Å². The predicted octanol–water partition coefficient (Wildman–Crippen LogP) is 5.85. The lowest BCUT2D eigenvalue weighted by Crippen LogP contribution is -2.22. The number of aromatic nitrogens is 1. The van der Waals surface area contributed by atoms with Crippen LogP contribution in [-0.2, 0) is 28.3 Å². The highest BCUT2D eigenvalue weighted by atomic mass is 35.5. The fourth-order valence-electron chi connectivity index (χ4n) is 3.61. The van der Waals surface area contributed by atoms with Gasteiger partial charge in [0.05, 0.1) is 23.7 Å². The normalized spacial score (nSPS) is 13.2. The summed E-state index contributed by atoms with van der Waals surface area (Å²) in [6.45, 7) is 1.26. The maximum absolute atomic E-state index is 13.4. The van der Waals surface area contributed by atoms with Gasteiger partial charge >= 0.3 is 18.3 Å². The Labute approximate surface area is 193 Å². The Morgan fingerprint density at radius 1 is 1.03 bits per heavy atom. The van der Waals surface area contributed by atoms with Crippen molar-refractivity contribution in [1.29, 1.82) is 0 Å². The molecule has 12 heteroatoms. The molecular weight excluding hydrogens is 490 g/mol. The van der Waals surface area contributed by atoms with Gasteiger partial charge in [-0.3, -0.25) is 9.59 Å². The molecule has 0 spiro atoms. The first-order valence-corrected chi connectivity index (χ1v) is 10.2. The molecule has 0 aliphatic heterocycles. The van der Waals surface area contributed by atoms with Crippen LogP contribution >= 0.6 is 11.6 Å².